The van der Waals surface area contributed by atoms with Crippen molar-refractivity contribution < 1.29 is 0 Å². The lowest BCUT2D eigenvalue weighted by Crippen LogP contribution is -2.32. The third kappa shape index (κ3) is 2.76. The van der Waals surface area contributed by atoms with Crippen molar-refractivity contribution in [1.29, 1.82) is 0 Å². The van der Waals surface area contributed by atoms with Gasteiger partial charge in [-0.25, -0.2) is 0 Å². The molecule has 1 aromatic rings. The predicted molar refractivity (Wildman–Crippen MR) is 71.8 cm³/mol. The van der Waals surface area contributed by atoms with Crippen LogP contribution in [0.5, 0.6) is 0 Å². The van der Waals surface area contributed by atoms with Gasteiger partial charge in [-0.2, -0.15) is 0 Å². The summed E-state index contributed by atoms with van der Waals surface area (Å²) in [4.78, 5) is 2.39. The normalized spacial score (nSPS) is 12.9. The monoisotopic (exact) mass is 220 g/mol. The summed E-state index contributed by atoms with van der Waals surface area (Å²) in [5.41, 5.74) is 8.71. The lowest BCUT2D eigenvalue weighted by atomic mass is 10.0. The van der Waals surface area contributed by atoms with E-state index in [1.807, 2.05) is 0 Å². The fourth-order valence-electron chi connectivity index (χ4n) is 2.10. The van der Waals surface area contributed by atoms with Crippen molar-refractivity contribution >= 4 is 5.69 Å². The molecule has 1 aromatic carbocycles. The molecule has 0 spiro atoms. The Kier molecular flexibility index (Phi) is 4.81. The summed E-state index contributed by atoms with van der Waals surface area (Å²) in [5.74, 6) is 0. The Hall–Kier alpha value is -1.02. The molecule has 16 heavy (non-hydrogen) atoms. The minimum atomic E-state index is 0.143. The minimum absolute atomic E-state index is 0.143. The summed E-state index contributed by atoms with van der Waals surface area (Å²) < 4.78 is 0. The van der Waals surface area contributed by atoms with Crippen molar-refractivity contribution in [1.82, 2.24) is 0 Å². The van der Waals surface area contributed by atoms with Crippen LogP contribution in [-0.4, -0.2) is 12.6 Å². The highest BCUT2D eigenvalue weighted by Gasteiger charge is 2.15. The van der Waals surface area contributed by atoms with Gasteiger partial charge in [0.15, 0.2) is 0 Å². The third-order valence-corrected chi connectivity index (χ3v) is 3.05. The van der Waals surface area contributed by atoms with Crippen molar-refractivity contribution in [2.24, 2.45) is 5.73 Å². The van der Waals surface area contributed by atoms with Crippen molar-refractivity contribution in [2.45, 2.75) is 46.2 Å². The van der Waals surface area contributed by atoms with E-state index in [9.17, 15) is 0 Å². The summed E-state index contributed by atoms with van der Waals surface area (Å²) in [5, 5.41) is 0. The zero-order chi connectivity index (χ0) is 12.1. The van der Waals surface area contributed by atoms with Gasteiger partial charge in [-0.1, -0.05) is 25.1 Å². The van der Waals surface area contributed by atoms with Gasteiger partial charge in [0.05, 0.1) is 0 Å². The maximum atomic E-state index is 6.16. The second-order valence-electron chi connectivity index (χ2n) is 4.45. The van der Waals surface area contributed by atoms with Crippen molar-refractivity contribution in [2.75, 3.05) is 11.4 Å². The zero-order valence-electron chi connectivity index (χ0n) is 10.9. The largest absolute Gasteiger partial charge is 0.369 e. The Morgan fingerprint density at radius 1 is 1.19 bits per heavy atom. The van der Waals surface area contributed by atoms with E-state index in [1.165, 1.54) is 11.3 Å². The van der Waals surface area contributed by atoms with Crippen LogP contribution in [-0.2, 0) is 0 Å². The molecule has 0 amide bonds. The standard InChI is InChI=1S/C14H24N2/c1-5-13(15)12-9-7-8-10-14(12)16(6-2)11(3)4/h7-11,13H,5-6,15H2,1-4H3/t13-/m0/s1. The highest BCUT2D eigenvalue weighted by atomic mass is 15.1. The number of rotatable bonds is 5. The Balaban J connectivity index is 3.11. The van der Waals surface area contributed by atoms with E-state index >= 15 is 0 Å². The number of hydrogen-bond acceptors (Lipinski definition) is 2. The van der Waals surface area contributed by atoms with E-state index in [0.717, 1.165) is 13.0 Å². The van der Waals surface area contributed by atoms with Crippen LogP contribution in [0.3, 0.4) is 0 Å². The van der Waals surface area contributed by atoms with Crippen LogP contribution in [0.25, 0.3) is 0 Å². The molecule has 90 valence electrons. The van der Waals surface area contributed by atoms with Gasteiger partial charge in [-0.05, 0) is 38.8 Å². The molecule has 0 fully saturated rings. The Morgan fingerprint density at radius 3 is 2.31 bits per heavy atom. The molecule has 2 N–H and O–H groups in total. The van der Waals surface area contributed by atoms with E-state index in [-0.39, 0.29) is 6.04 Å². The maximum Gasteiger partial charge on any atom is 0.0416 e. The number of anilines is 1. The molecule has 0 heterocycles. The summed E-state index contributed by atoms with van der Waals surface area (Å²) in [6, 6.07) is 9.14. The molecule has 0 saturated carbocycles. The number of para-hydroxylation sites is 1. The van der Waals surface area contributed by atoms with Gasteiger partial charge >= 0.3 is 0 Å². The molecule has 2 heteroatoms. The maximum absolute atomic E-state index is 6.16. The van der Waals surface area contributed by atoms with Crippen LogP contribution in [0.4, 0.5) is 5.69 Å². The molecule has 0 aromatic heterocycles. The molecule has 0 aliphatic carbocycles. The molecule has 0 saturated heterocycles. The first kappa shape index (κ1) is 13.0. The molecular formula is C14H24N2. The summed E-state index contributed by atoms with van der Waals surface area (Å²) in [7, 11) is 0. The summed E-state index contributed by atoms with van der Waals surface area (Å²) in [6.07, 6.45) is 0.979. The Morgan fingerprint density at radius 2 is 1.81 bits per heavy atom. The second-order valence-corrected chi connectivity index (χ2v) is 4.45. The molecule has 2 nitrogen and oxygen atoms in total. The van der Waals surface area contributed by atoms with Crippen LogP contribution in [0.2, 0.25) is 0 Å². The molecule has 1 atom stereocenters. The fourth-order valence-corrected chi connectivity index (χ4v) is 2.10. The van der Waals surface area contributed by atoms with E-state index in [4.69, 9.17) is 5.73 Å². The molecule has 0 bridgehead atoms. The van der Waals surface area contributed by atoms with Crippen LogP contribution in [0.1, 0.15) is 45.7 Å². The van der Waals surface area contributed by atoms with E-state index in [1.54, 1.807) is 0 Å². The summed E-state index contributed by atoms with van der Waals surface area (Å²) in [6.45, 7) is 9.78. The SMILES string of the molecule is CC[C@H](N)c1ccccc1N(CC)C(C)C. The Labute approximate surface area is 99.5 Å². The van der Waals surface area contributed by atoms with Crippen molar-refractivity contribution in [3.63, 3.8) is 0 Å². The van der Waals surface area contributed by atoms with Gasteiger partial charge in [0, 0.05) is 24.3 Å². The molecule has 0 radical (unpaired) electrons. The van der Waals surface area contributed by atoms with Crippen molar-refractivity contribution in [3.05, 3.63) is 29.8 Å². The van der Waals surface area contributed by atoms with Gasteiger partial charge in [-0.3, -0.25) is 0 Å². The summed E-state index contributed by atoms with van der Waals surface area (Å²) >= 11 is 0. The Bertz CT molecular complexity index is 320. The van der Waals surface area contributed by atoms with Crippen LogP contribution in [0.15, 0.2) is 24.3 Å². The number of benzene rings is 1. The van der Waals surface area contributed by atoms with Crippen LogP contribution >= 0.6 is 0 Å². The number of nitrogens with two attached hydrogens (primary N) is 1. The van der Waals surface area contributed by atoms with Gasteiger partial charge in [0.2, 0.25) is 0 Å². The molecule has 1 rings (SSSR count). The highest BCUT2D eigenvalue weighted by molar-refractivity contribution is 5.55. The van der Waals surface area contributed by atoms with Crippen molar-refractivity contribution in [3.8, 4) is 0 Å². The van der Waals surface area contributed by atoms with E-state index in [0.29, 0.717) is 6.04 Å². The highest BCUT2D eigenvalue weighted by Crippen LogP contribution is 2.27. The van der Waals surface area contributed by atoms with Gasteiger partial charge < -0.3 is 10.6 Å². The number of nitrogens with zero attached hydrogens (tertiary/aromatic N) is 1. The average Bonchev–Trinajstić information content (AvgIpc) is 2.29. The number of hydrogen-bond donors (Lipinski definition) is 1. The molecular weight excluding hydrogens is 196 g/mol. The first-order valence-electron chi connectivity index (χ1n) is 6.22. The van der Waals surface area contributed by atoms with Gasteiger partial charge in [-0.15, -0.1) is 0 Å². The average molecular weight is 220 g/mol. The minimum Gasteiger partial charge on any atom is -0.369 e. The fraction of sp³-hybridized carbons (Fsp3) is 0.571. The smallest absolute Gasteiger partial charge is 0.0416 e. The first-order valence-corrected chi connectivity index (χ1v) is 6.22. The van der Waals surface area contributed by atoms with E-state index in [2.05, 4.69) is 56.9 Å². The molecule has 0 aliphatic heterocycles. The zero-order valence-corrected chi connectivity index (χ0v) is 10.9. The third-order valence-electron chi connectivity index (χ3n) is 3.05. The molecule has 0 unspecified atom stereocenters. The first-order chi connectivity index (χ1) is 7.61. The van der Waals surface area contributed by atoms with E-state index < -0.39 is 0 Å². The lowest BCUT2D eigenvalue weighted by Gasteiger charge is -2.31. The second kappa shape index (κ2) is 5.90. The van der Waals surface area contributed by atoms with Gasteiger partial charge in [0.25, 0.3) is 0 Å². The predicted octanol–water partition coefficient (Wildman–Crippen LogP) is 3.33. The molecule has 0 aliphatic rings. The van der Waals surface area contributed by atoms with Crippen LogP contribution in [0, 0.1) is 0 Å². The topological polar surface area (TPSA) is 29.3 Å². The van der Waals surface area contributed by atoms with Crippen LogP contribution < -0.4 is 10.6 Å². The lowest BCUT2D eigenvalue weighted by molar-refractivity contribution is 0.666. The quantitative estimate of drug-likeness (QED) is 0.824. The van der Waals surface area contributed by atoms with Gasteiger partial charge in [0.1, 0.15) is 0 Å².